The molecule has 0 unspecified atom stereocenters. The first-order valence-corrected chi connectivity index (χ1v) is 5.82. The number of hydrogen-bond acceptors (Lipinski definition) is 6. The summed E-state index contributed by atoms with van der Waals surface area (Å²) in [5.41, 5.74) is 0. The zero-order valence-electron chi connectivity index (χ0n) is 9.75. The molecule has 0 spiro atoms. The maximum Gasteiger partial charge on any atom is 0.348 e. The Morgan fingerprint density at radius 1 is 1.33 bits per heavy atom. The van der Waals surface area contributed by atoms with E-state index < -0.39 is 5.97 Å². The lowest BCUT2D eigenvalue weighted by Gasteiger charge is -2.10. The van der Waals surface area contributed by atoms with Crippen LogP contribution in [0.1, 0.15) is 19.3 Å². The van der Waals surface area contributed by atoms with Crippen molar-refractivity contribution in [3.05, 3.63) is 34.2 Å². The van der Waals surface area contributed by atoms with Gasteiger partial charge in [0.2, 0.25) is 5.88 Å². The largest absolute Gasteiger partial charge is 0.465 e. The number of carbonyl (C=O) groups is 2. The van der Waals surface area contributed by atoms with Gasteiger partial charge >= 0.3 is 5.97 Å². The van der Waals surface area contributed by atoms with Crippen LogP contribution in [0.2, 0.25) is 0 Å². The second-order valence-corrected chi connectivity index (χ2v) is 4.45. The molecular formula is C11H10N2O4S. The van der Waals surface area contributed by atoms with Crippen molar-refractivity contribution in [1.29, 1.82) is 0 Å². The summed E-state index contributed by atoms with van der Waals surface area (Å²) >= 11 is 1.07. The number of ether oxygens (including phenoxy) is 1. The standard InChI is InChI=1S/C11H10N2O4S/c1-13(9-5-6-12-17-9)10(14)7-3-4-8(18-7)11(15)16-2/h3-6H,1-2H3. The third-order valence-corrected chi connectivity index (χ3v) is 3.32. The molecule has 94 valence electrons. The summed E-state index contributed by atoms with van der Waals surface area (Å²) in [5.74, 6) is -0.388. The van der Waals surface area contributed by atoms with Crippen LogP contribution in [0, 0.1) is 0 Å². The molecule has 6 nitrogen and oxygen atoms in total. The Balaban J connectivity index is 2.19. The second-order valence-electron chi connectivity index (χ2n) is 3.37. The molecule has 1 amide bonds. The topological polar surface area (TPSA) is 72.6 Å². The van der Waals surface area contributed by atoms with Gasteiger partial charge in [-0.25, -0.2) is 4.79 Å². The summed E-state index contributed by atoms with van der Waals surface area (Å²) in [5, 5.41) is 3.53. The van der Waals surface area contributed by atoms with Crippen LogP contribution in [-0.4, -0.2) is 31.2 Å². The molecule has 0 N–H and O–H groups in total. The highest BCUT2D eigenvalue weighted by Crippen LogP contribution is 2.21. The van der Waals surface area contributed by atoms with Crippen LogP contribution in [0.3, 0.4) is 0 Å². The number of aromatic nitrogens is 1. The molecule has 0 fully saturated rings. The van der Waals surface area contributed by atoms with Crippen molar-refractivity contribution in [2.45, 2.75) is 0 Å². The van der Waals surface area contributed by atoms with E-state index in [1.807, 2.05) is 0 Å². The van der Waals surface area contributed by atoms with Crippen LogP contribution in [0.5, 0.6) is 0 Å². The first kappa shape index (κ1) is 12.3. The highest BCUT2D eigenvalue weighted by atomic mass is 32.1. The van der Waals surface area contributed by atoms with E-state index in [1.54, 1.807) is 25.2 Å². The van der Waals surface area contributed by atoms with Gasteiger partial charge < -0.3 is 9.26 Å². The van der Waals surface area contributed by atoms with Gasteiger partial charge in [-0.1, -0.05) is 5.16 Å². The SMILES string of the molecule is COC(=O)c1ccc(C(=O)N(C)c2ccno2)s1. The molecule has 0 saturated heterocycles. The summed E-state index contributed by atoms with van der Waals surface area (Å²) in [6, 6.07) is 4.71. The number of rotatable bonds is 3. The fourth-order valence-electron chi connectivity index (χ4n) is 1.31. The zero-order valence-corrected chi connectivity index (χ0v) is 10.6. The number of amides is 1. The third-order valence-electron chi connectivity index (χ3n) is 2.26. The Morgan fingerprint density at radius 2 is 2.06 bits per heavy atom. The van der Waals surface area contributed by atoms with Gasteiger partial charge in [-0.05, 0) is 12.1 Å². The third kappa shape index (κ3) is 2.25. The lowest BCUT2D eigenvalue weighted by molar-refractivity contribution is 0.0606. The molecule has 18 heavy (non-hydrogen) atoms. The van der Waals surface area contributed by atoms with E-state index in [0.717, 1.165) is 11.3 Å². The Hall–Kier alpha value is -2.15. The predicted molar refractivity (Wildman–Crippen MR) is 64.9 cm³/mol. The van der Waals surface area contributed by atoms with Crippen molar-refractivity contribution in [3.8, 4) is 0 Å². The molecule has 0 bridgehead atoms. The zero-order chi connectivity index (χ0) is 13.1. The Kier molecular flexibility index (Phi) is 3.42. The predicted octanol–water partition coefficient (Wildman–Crippen LogP) is 1.80. The van der Waals surface area contributed by atoms with Gasteiger partial charge in [-0.15, -0.1) is 11.3 Å². The molecule has 0 aromatic carbocycles. The molecule has 7 heteroatoms. The summed E-state index contributed by atoms with van der Waals surface area (Å²) in [6.07, 6.45) is 1.45. The highest BCUT2D eigenvalue weighted by Gasteiger charge is 2.19. The molecule has 0 aliphatic carbocycles. The first-order valence-electron chi connectivity index (χ1n) is 5.00. The van der Waals surface area contributed by atoms with Crippen LogP contribution in [0.4, 0.5) is 5.88 Å². The molecule has 0 aliphatic heterocycles. The average molecular weight is 266 g/mol. The Bertz CT molecular complexity index is 561. The number of nitrogens with zero attached hydrogens (tertiary/aromatic N) is 2. The van der Waals surface area contributed by atoms with E-state index in [2.05, 4.69) is 9.89 Å². The maximum absolute atomic E-state index is 12.1. The van der Waals surface area contributed by atoms with E-state index in [9.17, 15) is 9.59 Å². The summed E-state index contributed by atoms with van der Waals surface area (Å²) in [6.45, 7) is 0. The number of anilines is 1. The minimum Gasteiger partial charge on any atom is -0.465 e. The molecule has 0 atom stereocenters. The van der Waals surface area contributed by atoms with Crippen LogP contribution in [-0.2, 0) is 4.74 Å². The van der Waals surface area contributed by atoms with E-state index in [4.69, 9.17) is 4.52 Å². The Morgan fingerprint density at radius 3 is 2.67 bits per heavy atom. The lowest BCUT2D eigenvalue weighted by atomic mass is 10.4. The van der Waals surface area contributed by atoms with Gasteiger partial charge in [0.05, 0.1) is 18.2 Å². The van der Waals surface area contributed by atoms with Crippen molar-refractivity contribution in [2.75, 3.05) is 19.1 Å². The smallest absolute Gasteiger partial charge is 0.348 e. The van der Waals surface area contributed by atoms with Crippen molar-refractivity contribution >= 4 is 29.1 Å². The van der Waals surface area contributed by atoms with Crippen LogP contribution in [0.25, 0.3) is 0 Å². The number of thiophene rings is 1. The Labute approximate surface area is 107 Å². The van der Waals surface area contributed by atoms with Crippen molar-refractivity contribution in [2.24, 2.45) is 0 Å². The van der Waals surface area contributed by atoms with Gasteiger partial charge in [0.1, 0.15) is 4.88 Å². The van der Waals surface area contributed by atoms with Gasteiger partial charge in [0.15, 0.2) is 0 Å². The van der Waals surface area contributed by atoms with Gasteiger partial charge in [-0.3, -0.25) is 9.69 Å². The lowest BCUT2D eigenvalue weighted by Crippen LogP contribution is -2.24. The van der Waals surface area contributed by atoms with Crippen molar-refractivity contribution < 1.29 is 18.8 Å². The quantitative estimate of drug-likeness (QED) is 0.792. The van der Waals surface area contributed by atoms with Crippen LogP contribution >= 0.6 is 11.3 Å². The fraction of sp³-hybridized carbons (Fsp3) is 0.182. The number of carbonyl (C=O) groups excluding carboxylic acids is 2. The molecule has 0 saturated carbocycles. The minimum atomic E-state index is -0.457. The van der Waals surface area contributed by atoms with Crippen molar-refractivity contribution in [3.63, 3.8) is 0 Å². The second kappa shape index (κ2) is 5.01. The van der Waals surface area contributed by atoms with Gasteiger partial charge in [0.25, 0.3) is 5.91 Å². The molecule has 2 aromatic heterocycles. The monoisotopic (exact) mass is 266 g/mol. The highest BCUT2D eigenvalue weighted by molar-refractivity contribution is 7.16. The van der Waals surface area contributed by atoms with E-state index >= 15 is 0 Å². The van der Waals surface area contributed by atoms with Crippen LogP contribution < -0.4 is 4.90 Å². The summed E-state index contributed by atoms with van der Waals surface area (Å²) in [7, 11) is 2.87. The molecule has 2 rings (SSSR count). The van der Waals surface area contributed by atoms with E-state index in [1.165, 1.54) is 18.2 Å². The maximum atomic E-state index is 12.1. The first-order chi connectivity index (χ1) is 8.63. The average Bonchev–Trinajstić information content (AvgIpc) is 3.06. The van der Waals surface area contributed by atoms with E-state index in [-0.39, 0.29) is 5.91 Å². The van der Waals surface area contributed by atoms with Crippen molar-refractivity contribution in [1.82, 2.24) is 5.16 Å². The summed E-state index contributed by atoms with van der Waals surface area (Å²) < 4.78 is 9.46. The summed E-state index contributed by atoms with van der Waals surface area (Å²) in [4.78, 5) is 25.5. The minimum absolute atomic E-state index is 0.271. The number of esters is 1. The molecule has 0 radical (unpaired) electrons. The molecule has 0 aliphatic rings. The van der Waals surface area contributed by atoms with Gasteiger partial charge in [0, 0.05) is 13.1 Å². The fourth-order valence-corrected chi connectivity index (χ4v) is 2.21. The van der Waals surface area contributed by atoms with Crippen LogP contribution in [0.15, 0.2) is 28.9 Å². The number of hydrogen-bond donors (Lipinski definition) is 0. The molecule has 2 aromatic rings. The number of methoxy groups -OCH3 is 1. The molecule has 2 heterocycles. The van der Waals surface area contributed by atoms with Gasteiger partial charge in [-0.2, -0.15) is 0 Å². The molecular weight excluding hydrogens is 256 g/mol. The normalized spacial score (nSPS) is 10.1. The van der Waals surface area contributed by atoms with E-state index in [0.29, 0.717) is 15.6 Å².